The van der Waals surface area contributed by atoms with Crippen molar-refractivity contribution in [1.82, 2.24) is 4.98 Å². The first kappa shape index (κ1) is 22.4. The average molecular weight is 442 g/mol. The summed E-state index contributed by atoms with van der Waals surface area (Å²) in [5.74, 6) is -2.54. The van der Waals surface area contributed by atoms with Gasteiger partial charge in [-0.25, -0.2) is 8.78 Å². The Morgan fingerprint density at radius 3 is 2.77 bits per heavy atom. The highest BCUT2D eigenvalue weighted by molar-refractivity contribution is 8.14. The Morgan fingerprint density at radius 2 is 2.16 bits per heavy atom. The third kappa shape index (κ3) is 4.75. The van der Waals surface area contributed by atoms with Crippen LogP contribution >= 0.6 is 11.8 Å². The highest BCUT2D eigenvalue weighted by Gasteiger charge is 2.41. The summed E-state index contributed by atoms with van der Waals surface area (Å²) in [6.07, 6.45) is 2.72. The molecule has 1 aromatic carbocycles. The lowest BCUT2D eigenvalue weighted by Crippen LogP contribution is -2.32. The van der Waals surface area contributed by atoms with Gasteiger partial charge in [-0.3, -0.25) is 14.8 Å². The summed E-state index contributed by atoms with van der Waals surface area (Å²) in [5.41, 5.74) is 5.74. The molecule has 6 nitrogen and oxygen atoms in total. The van der Waals surface area contributed by atoms with E-state index >= 15 is 0 Å². The van der Waals surface area contributed by atoms with Crippen LogP contribution in [0.15, 0.2) is 41.5 Å². The molecule has 0 bridgehead atoms. The Hall–Kier alpha value is -3.25. The van der Waals surface area contributed by atoms with E-state index in [1.165, 1.54) is 42.6 Å². The molecule has 2 aromatic rings. The molecule has 3 atom stereocenters. The first-order valence-electron chi connectivity index (χ1n) is 9.42. The van der Waals surface area contributed by atoms with E-state index in [2.05, 4.69) is 9.98 Å². The van der Waals surface area contributed by atoms with Gasteiger partial charge in [-0.2, -0.15) is 5.26 Å². The van der Waals surface area contributed by atoms with Gasteiger partial charge in [0, 0.05) is 11.8 Å². The monoisotopic (exact) mass is 442 g/mol. The number of hydrogen-bond acceptors (Lipinski definition) is 6. The second-order valence-corrected chi connectivity index (χ2v) is 8.68. The molecule has 0 amide bonds. The molecule has 0 fully saturated rings. The zero-order valence-corrected chi connectivity index (χ0v) is 17.7. The van der Waals surface area contributed by atoms with Gasteiger partial charge in [-0.05, 0) is 55.2 Å². The summed E-state index contributed by atoms with van der Waals surface area (Å²) in [4.78, 5) is 19.8. The molecule has 1 unspecified atom stereocenters. The maximum absolute atomic E-state index is 14.8. The molecular weight excluding hydrogens is 422 g/mol. The summed E-state index contributed by atoms with van der Waals surface area (Å²) >= 11 is 0.940. The number of nitrogens with zero attached hydrogens (tertiary/aromatic N) is 3. The second-order valence-electron chi connectivity index (χ2n) is 7.45. The van der Waals surface area contributed by atoms with E-state index in [0.717, 1.165) is 11.8 Å². The fourth-order valence-electron chi connectivity index (χ4n) is 3.43. The van der Waals surface area contributed by atoms with Gasteiger partial charge in [0.05, 0.1) is 16.8 Å². The van der Waals surface area contributed by atoms with Crippen molar-refractivity contribution in [3.05, 3.63) is 64.7 Å². The van der Waals surface area contributed by atoms with E-state index in [9.17, 15) is 18.7 Å². The number of rotatable bonds is 4. The van der Waals surface area contributed by atoms with E-state index in [1.807, 2.05) is 6.07 Å². The van der Waals surface area contributed by atoms with Crippen LogP contribution in [0, 0.1) is 23.1 Å². The fourth-order valence-corrected chi connectivity index (χ4v) is 4.45. The molecule has 0 aliphatic carbocycles. The third-order valence-electron chi connectivity index (χ3n) is 5.37. The van der Waals surface area contributed by atoms with Crippen LogP contribution in [-0.2, 0) is 10.3 Å². The smallest absolute Gasteiger partial charge is 0.317 e. The van der Waals surface area contributed by atoms with E-state index in [4.69, 9.17) is 11.0 Å². The van der Waals surface area contributed by atoms with Crippen LogP contribution in [0.3, 0.4) is 0 Å². The normalized spacial score (nSPS) is 24.1. The molecule has 1 aliphatic heterocycles. The SMILES string of the molecule is CC1C[C@H](C(=O)O)SC(N)=N[C@]1(C)c1cc(/C=C(\F)c2ccc(C#N)cn2)ccc1F. The van der Waals surface area contributed by atoms with Crippen molar-refractivity contribution in [3.8, 4) is 6.07 Å². The second kappa shape index (κ2) is 8.86. The summed E-state index contributed by atoms with van der Waals surface area (Å²) in [6.45, 7) is 3.49. The lowest BCUT2D eigenvalue weighted by atomic mass is 9.78. The minimum Gasteiger partial charge on any atom is -0.480 e. The number of nitrogens with two attached hydrogens (primary N) is 1. The first-order chi connectivity index (χ1) is 14.6. The standard InChI is InChI=1S/C22H20F2N4O2S/c1-12-7-19(20(29)30)31-21(26)28-22(12,2)15-8-13(3-5-16(15)23)9-17(24)18-6-4-14(10-25)11-27-18/h3-6,8-9,11-12,19H,7H2,1-2H3,(H2,26,28)(H,29,30)/b17-9-/t12?,19-,22+/m1/s1. The molecule has 2 heterocycles. The fraction of sp³-hybridized carbons (Fsp3) is 0.273. The first-order valence-corrected chi connectivity index (χ1v) is 10.3. The van der Waals surface area contributed by atoms with Crippen LogP contribution < -0.4 is 5.73 Å². The molecule has 31 heavy (non-hydrogen) atoms. The number of aliphatic carboxylic acids is 1. The summed E-state index contributed by atoms with van der Waals surface area (Å²) in [7, 11) is 0. The highest BCUT2D eigenvalue weighted by Crippen LogP contribution is 2.42. The largest absolute Gasteiger partial charge is 0.480 e. The predicted octanol–water partition coefficient (Wildman–Crippen LogP) is 4.32. The summed E-state index contributed by atoms with van der Waals surface area (Å²) in [5, 5.41) is 17.5. The maximum Gasteiger partial charge on any atom is 0.317 e. The molecule has 3 rings (SSSR count). The number of carboxylic acid groups (broad SMARTS) is 1. The number of halogens is 2. The van der Waals surface area contributed by atoms with Gasteiger partial charge in [0.1, 0.15) is 23.0 Å². The van der Waals surface area contributed by atoms with Crippen LogP contribution in [0.5, 0.6) is 0 Å². The van der Waals surface area contributed by atoms with Crippen LogP contribution in [-0.4, -0.2) is 26.5 Å². The minimum atomic E-state index is -1.13. The number of aromatic nitrogens is 1. The van der Waals surface area contributed by atoms with E-state index in [1.54, 1.807) is 13.8 Å². The number of hydrogen-bond donors (Lipinski definition) is 2. The summed E-state index contributed by atoms with van der Waals surface area (Å²) in [6, 6.07) is 8.88. The van der Waals surface area contributed by atoms with Crippen LogP contribution in [0.2, 0.25) is 0 Å². The number of aliphatic imine (C=N–C) groups is 1. The van der Waals surface area contributed by atoms with E-state index in [-0.39, 0.29) is 28.8 Å². The molecule has 9 heteroatoms. The van der Waals surface area contributed by atoms with E-state index in [0.29, 0.717) is 11.1 Å². The Morgan fingerprint density at radius 1 is 1.42 bits per heavy atom. The maximum atomic E-state index is 14.8. The van der Waals surface area contributed by atoms with Crippen LogP contribution in [0.4, 0.5) is 8.78 Å². The van der Waals surface area contributed by atoms with Crippen molar-refractivity contribution in [3.63, 3.8) is 0 Å². The number of carboxylic acids is 1. The van der Waals surface area contributed by atoms with Gasteiger partial charge in [-0.15, -0.1) is 0 Å². The van der Waals surface area contributed by atoms with Crippen molar-refractivity contribution < 1.29 is 18.7 Å². The molecular formula is C22H20F2N4O2S. The number of benzene rings is 1. The Labute approximate surface area is 182 Å². The van der Waals surface area contributed by atoms with Gasteiger partial charge >= 0.3 is 5.97 Å². The number of thioether (sulfide) groups is 1. The molecule has 3 N–H and O–H groups in total. The Bertz CT molecular complexity index is 1110. The van der Waals surface area contributed by atoms with Crippen molar-refractivity contribution in [2.24, 2.45) is 16.6 Å². The lowest BCUT2D eigenvalue weighted by Gasteiger charge is -2.32. The lowest BCUT2D eigenvalue weighted by molar-refractivity contribution is -0.136. The molecule has 1 aliphatic rings. The van der Waals surface area contributed by atoms with Crippen molar-refractivity contribution in [1.29, 1.82) is 5.26 Å². The van der Waals surface area contributed by atoms with Gasteiger partial charge < -0.3 is 10.8 Å². The van der Waals surface area contributed by atoms with Crippen LogP contribution in [0.25, 0.3) is 11.9 Å². The van der Waals surface area contributed by atoms with Crippen LogP contribution in [0.1, 0.15) is 42.7 Å². The third-order valence-corrected chi connectivity index (χ3v) is 6.39. The number of carbonyl (C=O) groups is 1. The van der Waals surface area contributed by atoms with Gasteiger partial charge in [0.25, 0.3) is 0 Å². The zero-order valence-electron chi connectivity index (χ0n) is 16.8. The predicted molar refractivity (Wildman–Crippen MR) is 116 cm³/mol. The Balaban J connectivity index is 2.01. The number of nitriles is 1. The molecule has 0 saturated carbocycles. The Kier molecular flexibility index (Phi) is 6.41. The van der Waals surface area contributed by atoms with Crippen molar-refractivity contribution in [2.75, 3.05) is 0 Å². The topological polar surface area (TPSA) is 112 Å². The molecule has 0 radical (unpaired) electrons. The minimum absolute atomic E-state index is 0.0434. The molecule has 0 saturated heterocycles. The van der Waals surface area contributed by atoms with Crippen molar-refractivity contribution in [2.45, 2.75) is 31.1 Å². The highest BCUT2D eigenvalue weighted by atomic mass is 32.2. The quantitative estimate of drug-likeness (QED) is 0.729. The van der Waals surface area contributed by atoms with E-state index < -0.39 is 28.4 Å². The van der Waals surface area contributed by atoms with Gasteiger partial charge in [0.2, 0.25) is 0 Å². The molecule has 0 spiro atoms. The molecule has 1 aromatic heterocycles. The number of pyridine rings is 1. The average Bonchev–Trinajstić information content (AvgIpc) is 2.85. The van der Waals surface area contributed by atoms with Gasteiger partial charge in [0.15, 0.2) is 5.17 Å². The number of amidine groups is 1. The molecule has 160 valence electrons. The summed E-state index contributed by atoms with van der Waals surface area (Å²) < 4.78 is 29.5. The zero-order chi connectivity index (χ0) is 22.8. The van der Waals surface area contributed by atoms with Crippen molar-refractivity contribution >= 4 is 34.8 Å². The van der Waals surface area contributed by atoms with Gasteiger partial charge in [-0.1, -0.05) is 24.8 Å².